The zero-order chi connectivity index (χ0) is 15.2. The van der Waals surface area contributed by atoms with Crippen LogP contribution in [0.25, 0.3) is 0 Å². The summed E-state index contributed by atoms with van der Waals surface area (Å²) in [5.41, 5.74) is 8.65. The van der Waals surface area contributed by atoms with Crippen molar-refractivity contribution in [1.29, 1.82) is 5.26 Å². The molecule has 0 saturated carbocycles. The normalized spacial score (nSPS) is 11.5. The van der Waals surface area contributed by atoms with E-state index in [1.54, 1.807) is 13.2 Å². The van der Waals surface area contributed by atoms with Crippen molar-refractivity contribution in [2.75, 3.05) is 25.6 Å². The van der Waals surface area contributed by atoms with E-state index in [1.807, 2.05) is 49.5 Å². The molecule has 2 aromatic carbocycles. The van der Waals surface area contributed by atoms with Crippen molar-refractivity contribution in [3.63, 3.8) is 0 Å². The number of nitrogens with zero attached hydrogens (tertiary/aromatic N) is 2. The van der Waals surface area contributed by atoms with Crippen LogP contribution in [0.2, 0.25) is 0 Å². The number of anilines is 1. The molecule has 4 nitrogen and oxygen atoms in total. The minimum Gasteiger partial charge on any atom is -0.497 e. The summed E-state index contributed by atoms with van der Waals surface area (Å²) in [4.78, 5) is 2.08. The van der Waals surface area contributed by atoms with E-state index in [1.165, 1.54) is 0 Å². The Morgan fingerprint density at radius 3 is 2.67 bits per heavy atom. The van der Waals surface area contributed by atoms with E-state index in [4.69, 9.17) is 15.7 Å². The average molecular weight is 281 g/mol. The summed E-state index contributed by atoms with van der Waals surface area (Å²) >= 11 is 0. The van der Waals surface area contributed by atoms with E-state index >= 15 is 0 Å². The summed E-state index contributed by atoms with van der Waals surface area (Å²) in [7, 11) is 3.63. The minimum absolute atomic E-state index is 0.0223. The third kappa shape index (κ3) is 3.33. The van der Waals surface area contributed by atoms with Gasteiger partial charge in [0.25, 0.3) is 0 Å². The van der Waals surface area contributed by atoms with Crippen molar-refractivity contribution < 1.29 is 4.74 Å². The zero-order valence-electron chi connectivity index (χ0n) is 12.3. The van der Waals surface area contributed by atoms with Crippen LogP contribution in [0.1, 0.15) is 17.2 Å². The quantitative estimate of drug-likeness (QED) is 0.915. The second-order valence-electron chi connectivity index (χ2n) is 4.80. The van der Waals surface area contributed by atoms with Crippen LogP contribution < -0.4 is 15.4 Å². The van der Waals surface area contributed by atoms with E-state index in [0.717, 1.165) is 17.0 Å². The standard InChI is InChI=1S/C17H19N3O/c1-20(15-7-3-5-13(9-15)11-18)17(12-19)14-6-4-8-16(10-14)21-2/h3-10,17H,12,19H2,1-2H3. The lowest BCUT2D eigenvalue weighted by molar-refractivity contribution is 0.413. The van der Waals surface area contributed by atoms with Crippen LogP contribution in [-0.2, 0) is 0 Å². The first kappa shape index (κ1) is 14.9. The Bertz CT molecular complexity index is 648. The number of hydrogen-bond donors (Lipinski definition) is 1. The van der Waals surface area contributed by atoms with Gasteiger partial charge < -0.3 is 15.4 Å². The lowest BCUT2D eigenvalue weighted by atomic mass is 10.0. The van der Waals surface area contributed by atoms with Gasteiger partial charge in [-0.1, -0.05) is 18.2 Å². The Morgan fingerprint density at radius 2 is 2.00 bits per heavy atom. The molecule has 0 bridgehead atoms. The van der Waals surface area contributed by atoms with Crippen molar-refractivity contribution >= 4 is 5.69 Å². The summed E-state index contributed by atoms with van der Waals surface area (Å²) in [5.74, 6) is 0.810. The first-order chi connectivity index (χ1) is 10.2. The highest BCUT2D eigenvalue weighted by atomic mass is 16.5. The molecule has 1 atom stereocenters. The maximum Gasteiger partial charge on any atom is 0.119 e. The SMILES string of the molecule is COc1cccc(C(CN)N(C)c2cccc(C#N)c2)c1. The summed E-state index contributed by atoms with van der Waals surface area (Å²) in [6.45, 7) is 0.473. The molecule has 21 heavy (non-hydrogen) atoms. The molecule has 0 aliphatic heterocycles. The highest BCUT2D eigenvalue weighted by Crippen LogP contribution is 2.27. The number of hydrogen-bond acceptors (Lipinski definition) is 4. The van der Waals surface area contributed by atoms with E-state index in [0.29, 0.717) is 12.1 Å². The molecule has 0 aliphatic carbocycles. The van der Waals surface area contributed by atoms with Crippen LogP contribution in [-0.4, -0.2) is 20.7 Å². The van der Waals surface area contributed by atoms with Gasteiger partial charge in [0.2, 0.25) is 0 Å². The van der Waals surface area contributed by atoms with Gasteiger partial charge in [-0.15, -0.1) is 0 Å². The Kier molecular flexibility index (Phi) is 4.81. The third-order valence-corrected chi connectivity index (χ3v) is 3.55. The number of ether oxygens (including phenoxy) is 1. The van der Waals surface area contributed by atoms with E-state index in [-0.39, 0.29) is 6.04 Å². The van der Waals surface area contributed by atoms with Crippen molar-refractivity contribution in [3.8, 4) is 11.8 Å². The summed E-state index contributed by atoms with van der Waals surface area (Å²) in [5, 5.41) is 9.02. The Morgan fingerprint density at radius 1 is 1.24 bits per heavy atom. The average Bonchev–Trinajstić information content (AvgIpc) is 2.55. The molecule has 108 valence electrons. The number of nitrogens with two attached hydrogens (primary N) is 1. The number of rotatable bonds is 5. The van der Waals surface area contributed by atoms with Gasteiger partial charge in [0, 0.05) is 19.3 Å². The second kappa shape index (κ2) is 6.78. The van der Waals surface area contributed by atoms with Crippen LogP contribution in [0.5, 0.6) is 5.75 Å². The van der Waals surface area contributed by atoms with Gasteiger partial charge in [-0.25, -0.2) is 0 Å². The first-order valence-electron chi connectivity index (χ1n) is 6.76. The van der Waals surface area contributed by atoms with Gasteiger partial charge in [-0.05, 0) is 35.9 Å². The summed E-state index contributed by atoms with van der Waals surface area (Å²) in [6, 6.07) is 17.6. The molecule has 0 radical (unpaired) electrons. The van der Waals surface area contributed by atoms with Crippen molar-refractivity contribution in [3.05, 3.63) is 59.7 Å². The van der Waals surface area contributed by atoms with Crippen molar-refractivity contribution in [2.45, 2.75) is 6.04 Å². The minimum atomic E-state index is 0.0223. The number of likely N-dealkylation sites (N-methyl/N-ethyl adjacent to an activating group) is 1. The lowest BCUT2D eigenvalue weighted by Crippen LogP contribution is -2.30. The molecular formula is C17H19N3O. The van der Waals surface area contributed by atoms with Gasteiger partial charge >= 0.3 is 0 Å². The van der Waals surface area contributed by atoms with E-state index in [9.17, 15) is 0 Å². The predicted octanol–water partition coefficient (Wildman–Crippen LogP) is 2.70. The van der Waals surface area contributed by atoms with Crippen LogP contribution in [0.4, 0.5) is 5.69 Å². The fourth-order valence-corrected chi connectivity index (χ4v) is 2.34. The van der Waals surface area contributed by atoms with Crippen LogP contribution in [0, 0.1) is 11.3 Å². The van der Waals surface area contributed by atoms with E-state index in [2.05, 4.69) is 11.0 Å². The smallest absolute Gasteiger partial charge is 0.119 e. The van der Waals surface area contributed by atoms with Gasteiger partial charge in [0.1, 0.15) is 5.75 Å². The molecule has 2 rings (SSSR count). The Hall–Kier alpha value is -2.51. The van der Waals surface area contributed by atoms with Gasteiger partial charge in [-0.2, -0.15) is 5.26 Å². The van der Waals surface area contributed by atoms with Gasteiger partial charge in [0.15, 0.2) is 0 Å². The molecular weight excluding hydrogens is 262 g/mol. The fourth-order valence-electron chi connectivity index (χ4n) is 2.34. The van der Waals surface area contributed by atoms with Crippen LogP contribution >= 0.6 is 0 Å². The highest BCUT2D eigenvalue weighted by molar-refractivity contribution is 5.53. The van der Waals surface area contributed by atoms with Crippen LogP contribution in [0.15, 0.2) is 48.5 Å². The first-order valence-corrected chi connectivity index (χ1v) is 6.76. The Labute approximate surface area is 125 Å². The van der Waals surface area contributed by atoms with Gasteiger partial charge in [0.05, 0.1) is 24.8 Å². The monoisotopic (exact) mass is 281 g/mol. The molecule has 2 aromatic rings. The molecule has 2 N–H and O–H groups in total. The molecule has 0 fully saturated rings. The van der Waals surface area contributed by atoms with E-state index < -0.39 is 0 Å². The molecule has 4 heteroatoms. The molecule has 0 spiro atoms. The summed E-state index contributed by atoms with van der Waals surface area (Å²) in [6.07, 6.45) is 0. The highest BCUT2D eigenvalue weighted by Gasteiger charge is 2.16. The third-order valence-electron chi connectivity index (χ3n) is 3.55. The molecule has 0 amide bonds. The maximum absolute atomic E-state index is 9.02. The fraction of sp³-hybridized carbons (Fsp3) is 0.235. The zero-order valence-corrected chi connectivity index (χ0v) is 12.3. The lowest BCUT2D eigenvalue weighted by Gasteiger charge is -2.29. The summed E-state index contributed by atoms with van der Waals surface area (Å²) < 4.78 is 5.27. The molecule has 0 saturated heterocycles. The number of benzene rings is 2. The van der Waals surface area contributed by atoms with Crippen molar-refractivity contribution in [1.82, 2.24) is 0 Å². The Balaban J connectivity index is 2.33. The van der Waals surface area contributed by atoms with Gasteiger partial charge in [-0.3, -0.25) is 0 Å². The van der Waals surface area contributed by atoms with Crippen LogP contribution in [0.3, 0.4) is 0 Å². The largest absolute Gasteiger partial charge is 0.497 e. The number of methoxy groups -OCH3 is 1. The molecule has 1 unspecified atom stereocenters. The second-order valence-corrected chi connectivity index (χ2v) is 4.80. The predicted molar refractivity (Wildman–Crippen MR) is 84.3 cm³/mol. The molecule has 0 aliphatic rings. The number of nitriles is 1. The topological polar surface area (TPSA) is 62.3 Å². The molecule has 0 heterocycles. The maximum atomic E-state index is 9.02. The molecule has 0 aromatic heterocycles. The van der Waals surface area contributed by atoms with Crippen molar-refractivity contribution in [2.24, 2.45) is 5.73 Å².